The van der Waals surface area contributed by atoms with Crippen molar-refractivity contribution >= 4 is 23.3 Å². The molecule has 0 aliphatic carbocycles. The second kappa shape index (κ2) is 7.69. The minimum atomic E-state index is -1.09. The van der Waals surface area contributed by atoms with Crippen molar-refractivity contribution in [3.63, 3.8) is 0 Å². The fraction of sp³-hybridized carbons (Fsp3) is 0.316. The molecule has 1 aromatic carbocycles. The van der Waals surface area contributed by atoms with E-state index >= 15 is 0 Å². The third-order valence-electron chi connectivity index (χ3n) is 4.22. The first-order valence-electron chi connectivity index (χ1n) is 8.33. The highest BCUT2D eigenvalue weighted by Crippen LogP contribution is 2.16. The van der Waals surface area contributed by atoms with Crippen LogP contribution in [0.2, 0.25) is 0 Å². The average Bonchev–Trinajstić information content (AvgIpc) is 2.99. The SMILES string of the molecule is CCC(C)(C)NC(=O)C(=O)c1cc(C(=O)Nc2ccc(F)c(F)c2)n(C)c1. The summed E-state index contributed by atoms with van der Waals surface area (Å²) in [5.41, 5.74) is -0.327. The molecule has 0 spiro atoms. The number of hydrogen-bond donors (Lipinski definition) is 2. The van der Waals surface area contributed by atoms with Gasteiger partial charge in [0.1, 0.15) is 5.69 Å². The van der Waals surface area contributed by atoms with E-state index in [9.17, 15) is 23.2 Å². The Labute approximate surface area is 155 Å². The van der Waals surface area contributed by atoms with Gasteiger partial charge in [-0.25, -0.2) is 8.78 Å². The van der Waals surface area contributed by atoms with Gasteiger partial charge >= 0.3 is 0 Å². The first-order valence-corrected chi connectivity index (χ1v) is 8.33. The maximum atomic E-state index is 13.3. The Balaban J connectivity index is 2.17. The topological polar surface area (TPSA) is 80.2 Å². The summed E-state index contributed by atoms with van der Waals surface area (Å²) >= 11 is 0. The quantitative estimate of drug-likeness (QED) is 0.600. The number of aromatic nitrogens is 1. The molecule has 0 fully saturated rings. The third-order valence-corrected chi connectivity index (χ3v) is 4.22. The van der Waals surface area contributed by atoms with Crippen LogP contribution < -0.4 is 10.6 Å². The van der Waals surface area contributed by atoms with Crippen molar-refractivity contribution in [2.75, 3.05) is 5.32 Å². The van der Waals surface area contributed by atoms with Crippen LogP contribution in [0.15, 0.2) is 30.5 Å². The zero-order valence-electron chi connectivity index (χ0n) is 15.5. The number of carbonyl (C=O) groups excluding carboxylic acids is 3. The molecule has 0 atom stereocenters. The van der Waals surface area contributed by atoms with Crippen molar-refractivity contribution in [3.05, 3.63) is 53.4 Å². The van der Waals surface area contributed by atoms with Crippen LogP contribution >= 0.6 is 0 Å². The Morgan fingerprint density at radius 1 is 1.11 bits per heavy atom. The van der Waals surface area contributed by atoms with Gasteiger partial charge in [-0.2, -0.15) is 0 Å². The second-order valence-electron chi connectivity index (χ2n) is 6.83. The van der Waals surface area contributed by atoms with E-state index < -0.39 is 34.8 Å². The van der Waals surface area contributed by atoms with Crippen molar-refractivity contribution in [2.45, 2.75) is 32.7 Å². The molecule has 8 heteroatoms. The van der Waals surface area contributed by atoms with Crippen molar-refractivity contribution < 1.29 is 23.2 Å². The molecule has 0 radical (unpaired) electrons. The largest absolute Gasteiger partial charge is 0.346 e. The number of halogens is 2. The number of ketones is 1. The number of aryl methyl sites for hydroxylation is 1. The van der Waals surface area contributed by atoms with E-state index in [1.807, 2.05) is 6.92 Å². The average molecular weight is 377 g/mol. The van der Waals surface area contributed by atoms with Crippen molar-refractivity contribution in [1.29, 1.82) is 0 Å². The standard InChI is InChI=1S/C19H21F2N3O3/c1-5-19(2,3)23-18(27)16(25)11-8-15(24(4)10-11)17(26)22-12-6-7-13(20)14(21)9-12/h6-10H,5H2,1-4H3,(H,22,26)(H,23,27). The molecule has 1 aromatic heterocycles. The highest BCUT2D eigenvalue weighted by Gasteiger charge is 2.26. The van der Waals surface area contributed by atoms with Gasteiger partial charge < -0.3 is 15.2 Å². The molecule has 0 bridgehead atoms. The van der Waals surface area contributed by atoms with Crippen molar-refractivity contribution in [3.8, 4) is 0 Å². The number of benzene rings is 1. The number of nitrogens with zero attached hydrogens (tertiary/aromatic N) is 1. The molecule has 2 N–H and O–H groups in total. The maximum Gasteiger partial charge on any atom is 0.292 e. The second-order valence-corrected chi connectivity index (χ2v) is 6.83. The number of nitrogens with one attached hydrogen (secondary N) is 2. The van der Waals surface area contributed by atoms with Gasteiger partial charge in [-0.05, 0) is 38.5 Å². The van der Waals surface area contributed by atoms with Gasteiger partial charge in [0.15, 0.2) is 11.6 Å². The first kappa shape index (κ1) is 20.3. The molecule has 0 aliphatic rings. The van der Waals surface area contributed by atoms with Gasteiger partial charge in [0.2, 0.25) is 0 Å². The van der Waals surface area contributed by atoms with Crippen LogP contribution in [-0.4, -0.2) is 27.7 Å². The van der Waals surface area contributed by atoms with Crippen molar-refractivity contribution in [2.24, 2.45) is 7.05 Å². The molecule has 0 saturated carbocycles. The fourth-order valence-electron chi connectivity index (χ4n) is 2.27. The molecule has 2 aromatic rings. The van der Waals surface area contributed by atoms with E-state index in [-0.39, 0.29) is 16.9 Å². The Kier molecular flexibility index (Phi) is 5.78. The summed E-state index contributed by atoms with van der Waals surface area (Å²) in [4.78, 5) is 36.8. The van der Waals surface area contributed by atoms with Crippen LogP contribution in [0.4, 0.5) is 14.5 Å². The number of Topliss-reactive ketones (excluding diaryl/α,β-unsaturated/α-hetero) is 1. The molecule has 0 unspecified atom stereocenters. The normalized spacial score (nSPS) is 11.2. The van der Waals surface area contributed by atoms with Crippen LogP contribution in [0, 0.1) is 11.6 Å². The minimum Gasteiger partial charge on any atom is -0.346 e. The van der Waals surface area contributed by atoms with Gasteiger partial charge in [0, 0.05) is 36.1 Å². The number of hydrogen-bond acceptors (Lipinski definition) is 3. The maximum absolute atomic E-state index is 13.3. The highest BCUT2D eigenvalue weighted by molar-refractivity contribution is 6.43. The molecule has 6 nitrogen and oxygen atoms in total. The van der Waals surface area contributed by atoms with Crippen LogP contribution in [0.25, 0.3) is 0 Å². The summed E-state index contributed by atoms with van der Waals surface area (Å²) in [5, 5.41) is 5.06. The minimum absolute atomic E-state index is 0.0531. The van der Waals surface area contributed by atoms with E-state index in [0.29, 0.717) is 6.42 Å². The summed E-state index contributed by atoms with van der Waals surface area (Å²) in [5.74, 6) is -4.28. The van der Waals surface area contributed by atoms with Gasteiger partial charge in [-0.15, -0.1) is 0 Å². The van der Waals surface area contributed by atoms with E-state index in [0.717, 1.165) is 12.1 Å². The predicted molar refractivity (Wildman–Crippen MR) is 96.6 cm³/mol. The number of rotatable bonds is 6. The zero-order valence-corrected chi connectivity index (χ0v) is 15.5. The zero-order chi connectivity index (χ0) is 20.4. The van der Waals surface area contributed by atoms with Crippen LogP contribution in [0.3, 0.4) is 0 Å². The fourth-order valence-corrected chi connectivity index (χ4v) is 2.27. The smallest absolute Gasteiger partial charge is 0.292 e. The first-order chi connectivity index (χ1) is 12.5. The Bertz CT molecular complexity index is 904. The lowest BCUT2D eigenvalue weighted by molar-refractivity contribution is -0.118. The van der Waals surface area contributed by atoms with Crippen LogP contribution in [0.5, 0.6) is 0 Å². The summed E-state index contributed by atoms with van der Waals surface area (Å²) in [6.45, 7) is 5.47. The van der Waals surface area contributed by atoms with Gasteiger partial charge in [0.05, 0.1) is 0 Å². The number of carbonyl (C=O) groups is 3. The summed E-state index contributed by atoms with van der Waals surface area (Å²) in [6.07, 6.45) is 2.00. The van der Waals surface area contributed by atoms with E-state index in [1.165, 1.54) is 29.9 Å². The van der Waals surface area contributed by atoms with Gasteiger partial charge in [-0.1, -0.05) is 6.92 Å². The highest BCUT2D eigenvalue weighted by atomic mass is 19.2. The lowest BCUT2D eigenvalue weighted by atomic mass is 10.0. The van der Waals surface area contributed by atoms with E-state index in [1.54, 1.807) is 13.8 Å². The third kappa shape index (κ3) is 4.78. The molecule has 0 saturated heterocycles. The van der Waals surface area contributed by atoms with Gasteiger partial charge in [-0.3, -0.25) is 14.4 Å². The molecular weight excluding hydrogens is 356 g/mol. The van der Waals surface area contributed by atoms with Crippen LogP contribution in [0.1, 0.15) is 48.0 Å². The molecule has 0 aliphatic heterocycles. The summed E-state index contributed by atoms with van der Waals surface area (Å²) < 4.78 is 27.6. The number of anilines is 1. The molecule has 27 heavy (non-hydrogen) atoms. The van der Waals surface area contributed by atoms with Gasteiger partial charge in [0.25, 0.3) is 17.6 Å². The molecule has 144 valence electrons. The van der Waals surface area contributed by atoms with E-state index in [4.69, 9.17) is 0 Å². The summed E-state index contributed by atoms with van der Waals surface area (Å²) in [6, 6.07) is 4.23. The Morgan fingerprint density at radius 2 is 1.78 bits per heavy atom. The molecule has 1 heterocycles. The molecular formula is C19H21F2N3O3. The monoisotopic (exact) mass is 377 g/mol. The molecule has 2 rings (SSSR count). The lowest BCUT2D eigenvalue weighted by Crippen LogP contribution is -2.45. The lowest BCUT2D eigenvalue weighted by Gasteiger charge is -2.23. The summed E-state index contributed by atoms with van der Waals surface area (Å²) in [7, 11) is 1.53. The van der Waals surface area contributed by atoms with E-state index in [2.05, 4.69) is 10.6 Å². The van der Waals surface area contributed by atoms with Crippen molar-refractivity contribution in [1.82, 2.24) is 9.88 Å². The Hall–Kier alpha value is -3.03. The predicted octanol–water partition coefficient (Wildman–Crippen LogP) is 3.04. The van der Waals surface area contributed by atoms with Crippen LogP contribution in [-0.2, 0) is 11.8 Å². The number of amides is 2. The molecule has 2 amide bonds. The Morgan fingerprint density at radius 3 is 2.37 bits per heavy atom.